The number of fused-ring (bicyclic) bond motifs is 1. The number of nitrogens with one attached hydrogen (secondary N) is 1. The molecule has 2 fully saturated rings. The molecule has 0 amide bonds. The lowest BCUT2D eigenvalue weighted by molar-refractivity contribution is 0.134. The van der Waals surface area contributed by atoms with Gasteiger partial charge in [-0.3, -0.25) is 4.90 Å². The van der Waals surface area contributed by atoms with Crippen molar-refractivity contribution in [3.63, 3.8) is 0 Å². The lowest BCUT2D eigenvalue weighted by Gasteiger charge is -2.42. The zero-order chi connectivity index (χ0) is 14.0. The molecule has 0 bridgehead atoms. The van der Waals surface area contributed by atoms with Gasteiger partial charge >= 0.3 is 0 Å². The summed E-state index contributed by atoms with van der Waals surface area (Å²) in [5.41, 5.74) is 7.68. The molecule has 3 heteroatoms. The molecule has 3 rings (SSSR count). The molecule has 2 heterocycles. The zero-order valence-corrected chi connectivity index (χ0v) is 12.5. The van der Waals surface area contributed by atoms with Crippen LogP contribution < -0.4 is 11.1 Å². The van der Waals surface area contributed by atoms with E-state index in [-0.39, 0.29) is 5.54 Å². The Morgan fingerprint density at radius 1 is 1.30 bits per heavy atom. The Bertz CT molecular complexity index is 433. The van der Waals surface area contributed by atoms with E-state index in [1.165, 1.54) is 44.3 Å². The standard InChI is InChI=1S/C17H27N3/c1-14(15-7-3-2-4-8-15)19-17(13-18)10-12-20-11-6-5-9-16(17)20/h2-4,7-8,14,16,19H,5-6,9-13,18H2,1H3. The second kappa shape index (κ2) is 5.84. The molecule has 0 radical (unpaired) electrons. The Hall–Kier alpha value is -0.900. The highest BCUT2D eigenvalue weighted by Crippen LogP contribution is 2.36. The highest BCUT2D eigenvalue weighted by atomic mass is 15.3. The fraction of sp³-hybridized carbons (Fsp3) is 0.647. The van der Waals surface area contributed by atoms with Crippen LogP contribution in [0, 0.1) is 0 Å². The Labute approximate surface area is 122 Å². The molecule has 0 spiro atoms. The van der Waals surface area contributed by atoms with Gasteiger partial charge in [0.1, 0.15) is 0 Å². The third-order valence-corrected chi connectivity index (χ3v) is 5.26. The van der Waals surface area contributed by atoms with Gasteiger partial charge in [-0.25, -0.2) is 0 Å². The van der Waals surface area contributed by atoms with Gasteiger partial charge in [0.2, 0.25) is 0 Å². The summed E-state index contributed by atoms with van der Waals surface area (Å²) in [4.78, 5) is 2.65. The van der Waals surface area contributed by atoms with Gasteiger partial charge in [0, 0.05) is 30.7 Å². The summed E-state index contributed by atoms with van der Waals surface area (Å²) >= 11 is 0. The molecule has 110 valence electrons. The largest absolute Gasteiger partial charge is 0.329 e. The molecule has 2 aliphatic rings. The number of hydrogen-bond donors (Lipinski definition) is 2. The Morgan fingerprint density at radius 3 is 2.85 bits per heavy atom. The molecule has 1 aromatic carbocycles. The lowest BCUT2D eigenvalue weighted by atomic mass is 9.84. The van der Waals surface area contributed by atoms with Crippen molar-refractivity contribution in [2.75, 3.05) is 19.6 Å². The van der Waals surface area contributed by atoms with E-state index in [4.69, 9.17) is 5.73 Å². The van der Waals surface area contributed by atoms with Crippen LogP contribution in [0.1, 0.15) is 44.2 Å². The van der Waals surface area contributed by atoms with Crippen LogP contribution in [0.3, 0.4) is 0 Å². The third-order valence-electron chi connectivity index (χ3n) is 5.26. The predicted molar refractivity (Wildman–Crippen MR) is 83.6 cm³/mol. The first-order valence-electron chi connectivity index (χ1n) is 8.02. The molecule has 1 aromatic rings. The maximum absolute atomic E-state index is 6.21. The van der Waals surface area contributed by atoms with Gasteiger partial charge in [0.15, 0.2) is 0 Å². The van der Waals surface area contributed by atoms with Crippen LogP contribution in [0.15, 0.2) is 30.3 Å². The summed E-state index contributed by atoms with van der Waals surface area (Å²) in [6, 6.07) is 11.7. The number of nitrogens with zero attached hydrogens (tertiary/aromatic N) is 1. The molecule has 3 unspecified atom stereocenters. The Balaban J connectivity index is 1.76. The van der Waals surface area contributed by atoms with Crippen molar-refractivity contribution in [3.8, 4) is 0 Å². The zero-order valence-electron chi connectivity index (χ0n) is 12.5. The highest BCUT2D eigenvalue weighted by Gasteiger charge is 2.47. The van der Waals surface area contributed by atoms with Crippen LogP contribution in [0.2, 0.25) is 0 Å². The van der Waals surface area contributed by atoms with E-state index in [1.54, 1.807) is 0 Å². The van der Waals surface area contributed by atoms with Crippen molar-refractivity contribution in [3.05, 3.63) is 35.9 Å². The molecule has 20 heavy (non-hydrogen) atoms. The summed E-state index contributed by atoms with van der Waals surface area (Å²) in [6.07, 6.45) is 5.19. The maximum Gasteiger partial charge on any atom is 0.0478 e. The molecule has 0 aromatic heterocycles. The fourth-order valence-corrected chi connectivity index (χ4v) is 4.12. The van der Waals surface area contributed by atoms with Gasteiger partial charge in [0.05, 0.1) is 0 Å². The van der Waals surface area contributed by atoms with Crippen molar-refractivity contribution < 1.29 is 0 Å². The number of benzene rings is 1. The van der Waals surface area contributed by atoms with Crippen LogP contribution in [0.25, 0.3) is 0 Å². The van der Waals surface area contributed by atoms with E-state index in [9.17, 15) is 0 Å². The molecular formula is C17H27N3. The second-order valence-electron chi connectivity index (χ2n) is 6.43. The van der Waals surface area contributed by atoms with Crippen LogP contribution in [-0.4, -0.2) is 36.1 Å². The first kappa shape index (κ1) is 14.1. The van der Waals surface area contributed by atoms with Crippen molar-refractivity contribution in [2.45, 2.75) is 50.2 Å². The topological polar surface area (TPSA) is 41.3 Å². The van der Waals surface area contributed by atoms with Crippen LogP contribution in [0.5, 0.6) is 0 Å². The maximum atomic E-state index is 6.21. The summed E-state index contributed by atoms with van der Waals surface area (Å²) < 4.78 is 0. The molecule has 2 saturated heterocycles. The third kappa shape index (κ3) is 2.50. The molecular weight excluding hydrogens is 246 g/mol. The normalized spacial score (nSPS) is 32.0. The minimum Gasteiger partial charge on any atom is -0.329 e. The van der Waals surface area contributed by atoms with E-state index >= 15 is 0 Å². The summed E-state index contributed by atoms with van der Waals surface area (Å²) in [5, 5.41) is 3.89. The average Bonchev–Trinajstić information content (AvgIpc) is 2.88. The minimum absolute atomic E-state index is 0.107. The van der Waals surface area contributed by atoms with Crippen LogP contribution in [-0.2, 0) is 0 Å². The number of nitrogens with two attached hydrogens (primary N) is 1. The van der Waals surface area contributed by atoms with Gasteiger partial charge in [-0.05, 0) is 38.3 Å². The van der Waals surface area contributed by atoms with Gasteiger partial charge in [-0.1, -0.05) is 36.8 Å². The van der Waals surface area contributed by atoms with Crippen molar-refractivity contribution >= 4 is 0 Å². The first-order chi connectivity index (χ1) is 9.75. The molecule has 0 aliphatic carbocycles. The lowest BCUT2D eigenvalue weighted by Crippen LogP contribution is -2.60. The van der Waals surface area contributed by atoms with Crippen molar-refractivity contribution in [1.82, 2.24) is 10.2 Å². The molecule has 3 nitrogen and oxygen atoms in total. The molecule has 3 N–H and O–H groups in total. The SMILES string of the molecule is CC(NC1(CN)CCN2CCCCC21)c1ccccc1. The smallest absolute Gasteiger partial charge is 0.0478 e. The Kier molecular flexibility index (Phi) is 4.11. The summed E-state index contributed by atoms with van der Waals surface area (Å²) in [6.45, 7) is 5.47. The fourth-order valence-electron chi connectivity index (χ4n) is 4.12. The average molecular weight is 273 g/mol. The van der Waals surface area contributed by atoms with Gasteiger partial charge in [0.25, 0.3) is 0 Å². The predicted octanol–water partition coefficient (Wildman–Crippen LogP) is 2.29. The van der Waals surface area contributed by atoms with E-state index in [0.29, 0.717) is 12.1 Å². The van der Waals surface area contributed by atoms with Crippen LogP contribution in [0.4, 0.5) is 0 Å². The number of piperidine rings is 1. The van der Waals surface area contributed by atoms with Gasteiger partial charge in [-0.15, -0.1) is 0 Å². The molecule has 2 aliphatic heterocycles. The summed E-state index contributed by atoms with van der Waals surface area (Å²) in [5.74, 6) is 0. The molecule has 3 atom stereocenters. The number of rotatable bonds is 4. The van der Waals surface area contributed by atoms with E-state index in [0.717, 1.165) is 6.54 Å². The van der Waals surface area contributed by atoms with Gasteiger partial charge in [-0.2, -0.15) is 0 Å². The Morgan fingerprint density at radius 2 is 2.10 bits per heavy atom. The number of hydrogen-bond acceptors (Lipinski definition) is 3. The second-order valence-corrected chi connectivity index (χ2v) is 6.43. The quantitative estimate of drug-likeness (QED) is 0.884. The van der Waals surface area contributed by atoms with Crippen LogP contribution >= 0.6 is 0 Å². The monoisotopic (exact) mass is 273 g/mol. The van der Waals surface area contributed by atoms with E-state index in [1.807, 2.05) is 0 Å². The van der Waals surface area contributed by atoms with Crippen molar-refractivity contribution in [1.29, 1.82) is 0 Å². The molecule has 0 saturated carbocycles. The van der Waals surface area contributed by atoms with Gasteiger partial charge < -0.3 is 11.1 Å². The van der Waals surface area contributed by atoms with E-state index < -0.39 is 0 Å². The van der Waals surface area contributed by atoms with E-state index in [2.05, 4.69) is 47.5 Å². The minimum atomic E-state index is 0.107. The first-order valence-corrected chi connectivity index (χ1v) is 8.02. The highest BCUT2D eigenvalue weighted by molar-refractivity contribution is 5.20. The summed E-state index contributed by atoms with van der Waals surface area (Å²) in [7, 11) is 0. The van der Waals surface area contributed by atoms with Crippen molar-refractivity contribution in [2.24, 2.45) is 5.73 Å².